The maximum absolute atomic E-state index is 12.7. The quantitative estimate of drug-likeness (QED) is 0.663. The van der Waals surface area contributed by atoms with Gasteiger partial charge in [-0.3, -0.25) is 4.79 Å². The molecule has 0 saturated carbocycles. The molecular formula is C20H20N2O3S2. The number of carbonyl (C=O) groups is 1. The number of aryl methyl sites for hydroxylation is 3. The van der Waals surface area contributed by atoms with Crippen LogP contribution < -0.4 is 4.80 Å². The first-order valence-corrected chi connectivity index (χ1v) is 11.5. The van der Waals surface area contributed by atoms with Gasteiger partial charge in [0.15, 0.2) is 14.6 Å². The summed E-state index contributed by atoms with van der Waals surface area (Å²) in [6, 6.07) is 10.8. The van der Waals surface area contributed by atoms with Crippen molar-refractivity contribution in [2.75, 3.05) is 6.26 Å². The maximum atomic E-state index is 12.7. The van der Waals surface area contributed by atoms with E-state index in [1.807, 2.05) is 29.8 Å². The summed E-state index contributed by atoms with van der Waals surface area (Å²) >= 11 is 1.32. The number of sulfone groups is 1. The molecule has 1 aliphatic carbocycles. The average molecular weight is 401 g/mol. The molecule has 1 aromatic heterocycles. The summed E-state index contributed by atoms with van der Waals surface area (Å²) < 4.78 is 26.1. The molecule has 0 fully saturated rings. The topological polar surface area (TPSA) is 68.5 Å². The zero-order chi connectivity index (χ0) is 19.2. The first kappa shape index (κ1) is 18.1. The molecule has 1 aliphatic rings. The molecule has 0 unspecified atom stereocenters. The van der Waals surface area contributed by atoms with Crippen LogP contribution in [0.5, 0.6) is 0 Å². The normalized spacial score (nSPS) is 15.1. The second-order valence-corrected chi connectivity index (χ2v) is 9.98. The Hall–Kier alpha value is -2.25. The summed E-state index contributed by atoms with van der Waals surface area (Å²) in [7, 11) is -1.44. The fraction of sp³-hybridized carbons (Fsp3) is 0.300. The molecule has 0 saturated heterocycles. The van der Waals surface area contributed by atoms with Gasteiger partial charge in [-0.15, -0.1) is 0 Å². The van der Waals surface area contributed by atoms with E-state index < -0.39 is 9.84 Å². The minimum absolute atomic E-state index is 0.268. The monoisotopic (exact) mass is 400 g/mol. The molecule has 0 spiro atoms. The molecule has 1 amide bonds. The van der Waals surface area contributed by atoms with E-state index in [1.165, 1.54) is 35.1 Å². The SMILES string of the molecule is Cn1c(=NC(=O)c2ccc3c(c2)CCCC3)sc2cc(S(C)(=O)=O)ccc21. The van der Waals surface area contributed by atoms with Gasteiger partial charge in [0.25, 0.3) is 5.91 Å². The van der Waals surface area contributed by atoms with Crippen molar-refractivity contribution in [2.45, 2.75) is 30.6 Å². The lowest BCUT2D eigenvalue weighted by atomic mass is 9.90. The first-order valence-electron chi connectivity index (χ1n) is 8.83. The molecule has 3 aromatic rings. The smallest absolute Gasteiger partial charge is 0.279 e. The Morgan fingerprint density at radius 2 is 1.81 bits per heavy atom. The standard InChI is InChI=1S/C20H20N2O3S2/c1-22-17-10-9-16(27(2,24)25)12-18(17)26-20(22)21-19(23)15-8-7-13-5-3-4-6-14(13)11-15/h7-12H,3-6H2,1-2H3. The van der Waals surface area contributed by atoms with Gasteiger partial charge in [-0.05, 0) is 67.1 Å². The van der Waals surface area contributed by atoms with Crippen molar-refractivity contribution < 1.29 is 13.2 Å². The second kappa shape index (κ2) is 6.73. The van der Waals surface area contributed by atoms with Crippen molar-refractivity contribution in [3.8, 4) is 0 Å². The van der Waals surface area contributed by atoms with Crippen molar-refractivity contribution in [2.24, 2.45) is 12.0 Å². The fourth-order valence-corrected chi connectivity index (χ4v) is 5.25. The van der Waals surface area contributed by atoms with Crippen LogP contribution >= 0.6 is 11.3 Å². The molecule has 27 heavy (non-hydrogen) atoms. The third-order valence-electron chi connectivity index (χ3n) is 5.00. The molecular weight excluding hydrogens is 380 g/mol. The predicted octanol–water partition coefficient (Wildman–Crippen LogP) is 3.26. The Balaban J connectivity index is 1.76. The molecule has 5 nitrogen and oxygen atoms in total. The Labute approximate surface area is 161 Å². The van der Waals surface area contributed by atoms with E-state index >= 15 is 0 Å². The van der Waals surface area contributed by atoms with Crippen LogP contribution in [-0.4, -0.2) is 25.1 Å². The number of hydrogen-bond donors (Lipinski definition) is 0. The molecule has 0 atom stereocenters. The maximum Gasteiger partial charge on any atom is 0.279 e. The number of nitrogens with zero attached hydrogens (tertiary/aromatic N) is 2. The summed E-state index contributed by atoms with van der Waals surface area (Å²) in [6.07, 6.45) is 5.65. The van der Waals surface area contributed by atoms with Crippen molar-refractivity contribution in [1.82, 2.24) is 4.57 Å². The van der Waals surface area contributed by atoms with E-state index in [0.717, 1.165) is 29.5 Å². The lowest BCUT2D eigenvalue weighted by Gasteiger charge is -2.15. The van der Waals surface area contributed by atoms with E-state index in [-0.39, 0.29) is 10.8 Å². The summed E-state index contributed by atoms with van der Waals surface area (Å²) in [5, 5.41) is 0. The minimum atomic E-state index is -3.27. The highest BCUT2D eigenvalue weighted by Gasteiger charge is 2.14. The summed E-state index contributed by atoms with van der Waals surface area (Å²) in [5.74, 6) is -0.270. The number of aromatic nitrogens is 1. The van der Waals surface area contributed by atoms with Gasteiger partial charge in [0, 0.05) is 18.9 Å². The summed E-state index contributed by atoms with van der Waals surface area (Å²) in [5.41, 5.74) is 4.04. The molecule has 4 rings (SSSR count). The number of amides is 1. The highest BCUT2D eigenvalue weighted by Crippen LogP contribution is 2.23. The third kappa shape index (κ3) is 3.49. The molecule has 140 valence electrons. The molecule has 0 bridgehead atoms. The van der Waals surface area contributed by atoms with Gasteiger partial charge in [-0.2, -0.15) is 4.99 Å². The number of benzene rings is 2. The van der Waals surface area contributed by atoms with Gasteiger partial charge in [0.1, 0.15) is 0 Å². The first-order chi connectivity index (χ1) is 12.8. The van der Waals surface area contributed by atoms with E-state index in [4.69, 9.17) is 0 Å². The number of hydrogen-bond acceptors (Lipinski definition) is 4. The largest absolute Gasteiger partial charge is 0.319 e. The lowest BCUT2D eigenvalue weighted by Crippen LogP contribution is -2.13. The highest BCUT2D eigenvalue weighted by atomic mass is 32.2. The van der Waals surface area contributed by atoms with E-state index in [9.17, 15) is 13.2 Å². The third-order valence-corrected chi connectivity index (χ3v) is 7.21. The van der Waals surface area contributed by atoms with Gasteiger partial charge >= 0.3 is 0 Å². The number of rotatable bonds is 2. The van der Waals surface area contributed by atoms with E-state index in [2.05, 4.69) is 4.99 Å². The van der Waals surface area contributed by atoms with Crippen LogP contribution in [0.2, 0.25) is 0 Å². The summed E-state index contributed by atoms with van der Waals surface area (Å²) in [6.45, 7) is 0. The Kier molecular flexibility index (Phi) is 4.52. The fourth-order valence-electron chi connectivity index (χ4n) is 3.47. The molecule has 2 aromatic carbocycles. The molecule has 1 heterocycles. The van der Waals surface area contributed by atoms with E-state index in [1.54, 1.807) is 18.2 Å². The van der Waals surface area contributed by atoms with Crippen molar-refractivity contribution >= 4 is 37.3 Å². The highest BCUT2D eigenvalue weighted by molar-refractivity contribution is 7.90. The van der Waals surface area contributed by atoms with Crippen LogP contribution in [0.15, 0.2) is 46.3 Å². The molecule has 0 radical (unpaired) electrons. The Morgan fingerprint density at radius 3 is 2.56 bits per heavy atom. The van der Waals surface area contributed by atoms with Gasteiger partial charge in [0.2, 0.25) is 0 Å². The van der Waals surface area contributed by atoms with Crippen LogP contribution in [0.25, 0.3) is 10.2 Å². The van der Waals surface area contributed by atoms with Crippen LogP contribution in [0.1, 0.15) is 34.3 Å². The zero-order valence-corrected chi connectivity index (χ0v) is 16.9. The number of carbonyl (C=O) groups excluding carboxylic acids is 1. The Morgan fingerprint density at radius 1 is 1.07 bits per heavy atom. The average Bonchev–Trinajstić information content (AvgIpc) is 2.95. The van der Waals surface area contributed by atoms with Gasteiger partial charge in [-0.25, -0.2) is 8.42 Å². The van der Waals surface area contributed by atoms with Crippen LogP contribution in [0.4, 0.5) is 0 Å². The van der Waals surface area contributed by atoms with Crippen LogP contribution in [0.3, 0.4) is 0 Å². The van der Waals surface area contributed by atoms with Crippen LogP contribution in [-0.2, 0) is 29.7 Å². The summed E-state index contributed by atoms with van der Waals surface area (Å²) in [4.78, 5) is 17.8. The van der Waals surface area contributed by atoms with Crippen molar-refractivity contribution in [3.63, 3.8) is 0 Å². The predicted molar refractivity (Wildman–Crippen MR) is 107 cm³/mol. The second-order valence-electron chi connectivity index (χ2n) is 6.95. The van der Waals surface area contributed by atoms with Crippen molar-refractivity contribution in [1.29, 1.82) is 0 Å². The van der Waals surface area contributed by atoms with Crippen LogP contribution in [0, 0.1) is 0 Å². The molecule has 0 N–H and O–H groups in total. The zero-order valence-electron chi connectivity index (χ0n) is 15.2. The van der Waals surface area contributed by atoms with Gasteiger partial charge in [-0.1, -0.05) is 17.4 Å². The lowest BCUT2D eigenvalue weighted by molar-refractivity contribution is 0.0998. The molecule has 7 heteroatoms. The number of thiazole rings is 1. The molecule has 0 aliphatic heterocycles. The minimum Gasteiger partial charge on any atom is -0.319 e. The number of fused-ring (bicyclic) bond motifs is 2. The van der Waals surface area contributed by atoms with Crippen molar-refractivity contribution in [3.05, 3.63) is 57.9 Å². The van der Waals surface area contributed by atoms with Gasteiger partial charge < -0.3 is 4.57 Å². The van der Waals surface area contributed by atoms with E-state index in [0.29, 0.717) is 10.4 Å². The van der Waals surface area contributed by atoms with Gasteiger partial charge in [0.05, 0.1) is 15.1 Å². The Bertz CT molecular complexity index is 1230.